The fraction of sp³-hybridized carbons (Fsp3) is 0.407. The second-order valence-corrected chi connectivity index (χ2v) is 9.92. The van der Waals surface area contributed by atoms with Crippen LogP contribution in [0.15, 0.2) is 48.8 Å². The Kier molecular flexibility index (Phi) is 7.04. The summed E-state index contributed by atoms with van der Waals surface area (Å²) in [4.78, 5) is 43.8. The van der Waals surface area contributed by atoms with E-state index in [0.717, 1.165) is 13.0 Å². The van der Waals surface area contributed by atoms with Crippen LogP contribution in [0.4, 0.5) is 0 Å². The lowest BCUT2D eigenvalue weighted by Gasteiger charge is -2.42. The molecule has 1 aromatic carbocycles. The van der Waals surface area contributed by atoms with Crippen LogP contribution in [0.1, 0.15) is 40.0 Å². The number of fused-ring (bicyclic) bond motifs is 1. The van der Waals surface area contributed by atoms with Crippen molar-refractivity contribution in [2.24, 2.45) is 5.73 Å². The van der Waals surface area contributed by atoms with Crippen LogP contribution < -0.4 is 10.5 Å². The lowest BCUT2D eigenvalue weighted by atomic mass is 9.88. The molecule has 5 rings (SSSR count). The lowest BCUT2D eigenvalue weighted by molar-refractivity contribution is -0.128. The molecule has 3 amide bonds. The topological polar surface area (TPSA) is 151 Å². The van der Waals surface area contributed by atoms with E-state index in [0.29, 0.717) is 47.5 Å². The highest BCUT2D eigenvalue weighted by Gasteiger charge is 2.42. The average molecular weight is 522 g/mol. The second-order valence-electron chi connectivity index (χ2n) is 9.92. The van der Waals surface area contributed by atoms with Crippen molar-refractivity contribution >= 4 is 28.8 Å². The number of pyridine rings is 1. The fourth-order valence-electron chi connectivity index (χ4n) is 5.06. The van der Waals surface area contributed by atoms with Crippen molar-refractivity contribution in [3.05, 3.63) is 59.9 Å². The molecule has 0 aliphatic carbocycles. The number of nitrogens with zero attached hydrogens (tertiary/aromatic N) is 4. The van der Waals surface area contributed by atoms with Crippen LogP contribution in [0.2, 0.25) is 0 Å². The summed E-state index contributed by atoms with van der Waals surface area (Å²) in [5.74, 6) is -0.0536. The summed E-state index contributed by atoms with van der Waals surface area (Å²) in [6.45, 7) is 2.02. The zero-order valence-electron chi connectivity index (χ0n) is 21.0. The molecule has 2 aliphatic heterocycles. The first kappa shape index (κ1) is 25.7. The Bertz CT molecular complexity index is 1360. The maximum Gasteiger partial charge on any atom is 0.253 e. The Labute approximate surface area is 219 Å². The summed E-state index contributed by atoms with van der Waals surface area (Å²) in [6, 6.07) is 10.2. The zero-order valence-corrected chi connectivity index (χ0v) is 21.0. The monoisotopic (exact) mass is 521 g/mol. The van der Waals surface area contributed by atoms with E-state index in [2.05, 4.69) is 4.98 Å². The Morgan fingerprint density at radius 2 is 1.95 bits per heavy atom. The summed E-state index contributed by atoms with van der Waals surface area (Å²) in [6.07, 6.45) is 3.61. The molecule has 2 aliphatic rings. The minimum Gasteiger partial charge on any atom is -0.492 e. The van der Waals surface area contributed by atoms with Crippen molar-refractivity contribution in [3.8, 4) is 5.75 Å². The third kappa shape index (κ3) is 5.20. The normalized spacial score (nSPS) is 21.7. The number of rotatable bonds is 8. The number of primary amides is 1. The van der Waals surface area contributed by atoms with E-state index < -0.39 is 17.6 Å². The molecule has 0 unspecified atom stereocenters. The van der Waals surface area contributed by atoms with Crippen molar-refractivity contribution in [1.82, 2.24) is 19.4 Å². The van der Waals surface area contributed by atoms with Crippen LogP contribution in [0.5, 0.6) is 5.75 Å². The van der Waals surface area contributed by atoms with E-state index in [1.807, 2.05) is 0 Å². The molecule has 200 valence electrons. The number of carbonyl (C=O) groups excluding carboxylic acids is 3. The van der Waals surface area contributed by atoms with Gasteiger partial charge in [-0.3, -0.25) is 14.4 Å². The largest absolute Gasteiger partial charge is 0.492 e. The Balaban J connectivity index is 1.17. The van der Waals surface area contributed by atoms with Crippen molar-refractivity contribution < 1.29 is 29.3 Å². The van der Waals surface area contributed by atoms with Gasteiger partial charge in [0, 0.05) is 49.4 Å². The van der Waals surface area contributed by atoms with Crippen LogP contribution >= 0.6 is 0 Å². The minimum atomic E-state index is -1.46. The maximum atomic E-state index is 13.1. The van der Waals surface area contributed by atoms with Gasteiger partial charge in [-0.15, -0.1) is 0 Å². The molecule has 2 atom stereocenters. The standard InChI is InChI=1S/C27H31N5O6/c28-24(35)20-14-19-7-10-32(25(19)29-15-20)17-27(37)8-11-31(16-22(27)33)26(36)18-3-5-21(6-4-18)38-13-12-30-9-1-2-23(30)34/h3-7,10,14-15,22,33,37H,1-2,8-9,11-13,16-17H2,(H2,28,35)/t22-,27-/m0/s1. The Hall–Kier alpha value is -3.96. The number of aliphatic hydroxyl groups excluding tert-OH is 1. The van der Waals surface area contributed by atoms with Crippen molar-refractivity contribution in [2.45, 2.75) is 37.5 Å². The summed E-state index contributed by atoms with van der Waals surface area (Å²) in [5, 5.41) is 22.8. The number of hydrogen-bond acceptors (Lipinski definition) is 7. The number of nitrogens with two attached hydrogens (primary N) is 1. The van der Waals surface area contributed by atoms with Gasteiger partial charge in [-0.2, -0.15) is 0 Å². The van der Waals surface area contributed by atoms with E-state index in [9.17, 15) is 24.6 Å². The van der Waals surface area contributed by atoms with Gasteiger partial charge in [-0.05, 0) is 49.2 Å². The molecule has 2 fully saturated rings. The Morgan fingerprint density at radius 3 is 2.63 bits per heavy atom. The van der Waals surface area contributed by atoms with Crippen molar-refractivity contribution in [1.29, 1.82) is 0 Å². The van der Waals surface area contributed by atoms with Crippen molar-refractivity contribution in [2.75, 3.05) is 32.8 Å². The molecule has 0 spiro atoms. The number of amides is 3. The molecule has 4 N–H and O–H groups in total. The molecule has 2 saturated heterocycles. The molecule has 0 bridgehead atoms. The number of benzene rings is 1. The smallest absolute Gasteiger partial charge is 0.253 e. The molecule has 4 heterocycles. The van der Waals surface area contributed by atoms with Gasteiger partial charge in [0.25, 0.3) is 5.91 Å². The van der Waals surface area contributed by atoms with Crippen LogP contribution in [-0.2, 0) is 11.3 Å². The fourth-order valence-corrected chi connectivity index (χ4v) is 5.06. The number of carbonyl (C=O) groups is 3. The van der Waals surface area contributed by atoms with Gasteiger partial charge in [0.15, 0.2) is 0 Å². The van der Waals surface area contributed by atoms with Gasteiger partial charge in [0.1, 0.15) is 29.7 Å². The van der Waals surface area contributed by atoms with Crippen LogP contribution in [0.3, 0.4) is 0 Å². The quantitative estimate of drug-likeness (QED) is 0.396. The molecule has 11 nitrogen and oxygen atoms in total. The number of β-amino-alcohol motifs (C(OH)–C–C–N with tert-alkyl or cyclic N) is 1. The van der Waals surface area contributed by atoms with Gasteiger partial charge in [0.2, 0.25) is 11.8 Å². The van der Waals surface area contributed by atoms with E-state index in [1.165, 1.54) is 11.1 Å². The minimum absolute atomic E-state index is 0.0180. The number of ether oxygens (including phenoxy) is 1. The number of likely N-dealkylation sites (tertiary alicyclic amines) is 2. The molecule has 11 heteroatoms. The van der Waals surface area contributed by atoms with Gasteiger partial charge >= 0.3 is 0 Å². The SMILES string of the molecule is NC(=O)c1cnc2c(ccn2C[C@@]2(O)CCN(C(=O)c3ccc(OCCN4CCCC4=O)cc3)C[C@@H]2O)c1. The molecule has 2 aromatic heterocycles. The highest BCUT2D eigenvalue weighted by molar-refractivity contribution is 5.96. The van der Waals surface area contributed by atoms with Gasteiger partial charge < -0.3 is 35.1 Å². The number of piperidine rings is 1. The zero-order chi connectivity index (χ0) is 26.9. The number of aromatic nitrogens is 2. The number of hydrogen-bond donors (Lipinski definition) is 3. The van der Waals surface area contributed by atoms with E-state index >= 15 is 0 Å². The molecular weight excluding hydrogens is 490 g/mol. The highest BCUT2D eigenvalue weighted by Crippen LogP contribution is 2.28. The van der Waals surface area contributed by atoms with Crippen LogP contribution in [-0.4, -0.2) is 91.8 Å². The summed E-state index contributed by atoms with van der Waals surface area (Å²) in [7, 11) is 0. The maximum absolute atomic E-state index is 13.1. The predicted octanol–water partition coefficient (Wildman–Crippen LogP) is 0.775. The van der Waals surface area contributed by atoms with E-state index in [1.54, 1.807) is 52.1 Å². The molecule has 0 radical (unpaired) electrons. The first-order chi connectivity index (χ1) is 18.2. The summed E-state index contributed by atoms with van der Waals surface area (Å²) >= 11 is 0. The first-order valence-corrected chi connectivity index (χ1v) is 12.7. The summed E-state index contributed by atoms with van der Waals surface area (Å²) in [5.41, 5.74) is 5.17. The van der Waals surface area contributed by atoms with Gasteiger partial charge in [0.05, 0.1) is 18.7 Å². The van der Waals surface area contributed by atoms with E-state index in [-0.39, 0.29) is 37.9 Å². The third-order valence-electron chi connectivity index (χ3n) is 7.35. The lowest BCUT2D eigenvalue weighted by Crippen LogP contribution is -2.58. The van der Waals surface area contributed by atoms with Crippen LogP contribution in [0, 0.1) is 0 Å². The highest BCUT2D eigenvalue weighted by atomic mass is 16.5. The summed E-state index contributed by atoms with van der Waals surface area (Å²) < 4.78 is 7.44. The molecular formula is C27H31N5O6. The first-order valence-electron chi connectivity index (χ1n) is 12.7. The predicted molar refractivity (Wildman–Crippen MR) is 137 cm³/mol. The second kappa shape index (κ2) is 10.4. The van der Waals surface area contributed by atoms with Crippen LogP contribution in [0.25, 0.3) is 11.0 Å². The number of aliphatic hydroxyl groups is 2. The van der Waals surface area contributed by atoms with Crippen molar-refractivity contribution in [3.63, 3.8) is 0 Å². The van der Waals surface area contributed by atoms with Gasteiger partial charge in [-0.1, -0.05) is 0 Å². The average Bonchev–Trinajstić information content (AvgIpc) is 3.51. The van der Waals surface area contributed by atoms with Gasteiger partial charge in [-0.25, -0.2) is 4.98 Å². The Morgan fingerprint density at radius 1 is 1.16 bits per heavy atom. The third-order valence-corrected chi connectivity index (χ3v) is 7.35. The van der Waals surface area contributed by atoms with E-state index in [4.69, 9.17) is 10.5 Å². The molecule has 38 heavy (non-hydrogen) atoms. The molecule has 3 aromatic rings. The molecule has 0 saturated carbocycles.